The minimum atomic E-state index is -0.776. The maximum absolute atomic E-state index is 12.4. The molecule has 0 fully saturated rings. The third kappa shape index (κ3) is 67.6. The third-order valence-electron chi connectivity index (χ3n) is 15.7. The fraction of sp³-hybridized carbons (Fsp3) is 0.787. The zero-order valence-corrected chi connectivity index (χ0v) is 53.3. The lowest BCUT2D eigenvalue weighted by Gasteiger charge is -2.15. The van der Waals surface area contributed by atoms with Gasteiger partial charge < -0.3 is 14.6 Å². The van der Waals surface area contributed by atoms with Crippen LogP contribution in [0.3, 0.4) is 0 Å². The Bertz CT molecular complexity index is 1450. The van der Waals surface area contributed by atoms with Gasteiger partial charge in [0.05, 0.1) is 6.61 Å². The summed E-state index contributed by atoms with van der Waals surface area (Å²) in [5.74, 6) is -0.576. The number of hydrogen-bond donors (Lipinski definition) is 1. The van der Waals surface area contributed by atoms with E-state index in [2.05, 4.69) is 98.9 Å². The molecule has 0 bridgehead atoms. The first-order valence-electron chi connectivity index (χ1n) is 35.1. The molecule has 0 aromatic rings. The highest BCUT2D eigenvalue weighted by Crippen LogP contribution is 2.18. The van der Waals surface area contributed by atoms with Crippen LogP contribution in [0.15, 0.2) is 85.1 Å². The Morgan fingerprint density at radius 3 is 0.825 bits per heavy atom. The van der Waals surface area contributed by atoms with Crippen molar-refractivity contribution in [2.45, 2.75) is 367 Å². The monoisotopic (exact) mass is 1120 g/mol. The number of allylic oxidation sites excluding steroid dienone is 14. The first-order chi connectivity index (χ1) is 39.6. The Labute approximate surface area is 498 Å². The molecule has 0 aromatic carbocycles. The Kier molecular flexibility index (Phi) is 67.8. The summed E-state index contributed by atoms with van der Waals surface area (Å²) < 4.78 is 10.8. The molecule has 0 heterocycles. The Hall–Kier alpha value is -2.92. The molecule has 0 saturated heterocycles. The van der Waals surface area contributed by atoms with Gasteiger partial charge in [-0.2, -0.15) is 0 Å². The van der Waals surface area contributed by atoms with E-state index < -0.39 is 6.10 Å². The van der Waals surface area contributed by atoms with Crippen LogP contribution in [-0.4, -0.2) is 36.4 Å². The summed E-state index contributed by atoms with van der Waals surface area (Å²) in [7, 11) is 0. The number of aliphatic hydroxyl groups excluding tert-OH is 1. The molecule has 1 N–H and O–H groups in total. The van der Waals surface area contributed by atoms with Gasteiger partial charge in [0.1, 0.15) is 6.61 Å². The second-order valence-corrected chi connectivity index (χ2v) is 23.6. The van der Waals surface area contributed by atoms with Gasteiger partial charge >= 0.3 is 11.9 Å². The van der Waals surface area contributed by atoms with E-state index in [0.717, 1.165) is 77.0 Å². The van der Waals surface area contributed by atoms with Crippen molar-refractivity contribution in [3.8, 4) is 0 Å². The summed E-state index contributed by atoms with van der Waals surface area (Å²) in [5, 5.41) is 9.70. The van der Waals surface area contributed by atoms with E-state index in [1.54, 1.807) is 0 Å². The molecule has 0 radical (unpaired) electrons. The van der Waals surface area contributed by atoms with E-state index in [0.29, 0.717) is 12.8 Å². The van der Waals surface area contributed by atoms with Gasteiger partial charge in [-0.1, -0.05) is 343 Å². The molecule has 0 aliphatic rings. The minimum Gasteiger partial charge on any atom is -0.462 e. The lowest BCUT2D eigenvalue weighted by atomic mass is 10.0. The predicted octanol–water partition coefficient (Wildman–Crippen LogP) is 24.4. The van der Waals surface area contributed by atoms with Crippen LogP contribution in [-0.2, 0) is 19.1 Å². The zero-order valence-electron chi connectivity index (χ0n) is 53.3. The molecule has 80 heavy (non-hydrogen) atoms. The maximum atomic E-state index is 12.4. The molecule has 5 nitrogen and oxygen atoms in total. The van der Waals surface area contributed by atoms with Crippen LogP contribution < -0.4 is 0 Å². The van der Waals surface area contributed by atoms with Crippen molar-refractivity contribution in [3.05, 3.63) is 85.1 Å². The highest BCUT2D eigenvalue weighted by Gasteiger charge is 2.16. The molecule has 0 aliphatic carbocycles. The Morgan fingerprint density at radius 1 is 0.300 bits per heavy atom. The van der Waals surface area contributed by atoms with E-state index >= 15 is 0 Å². The zero-order chi connectivity index (χ0) is 57.6. The largest absolute Gasteiger partial charge is 0.462 e. The van der Waals surface area contributed by atoms with Crippen molar-refractivity contribution >= 4 is 11.9 Å². The third-order valence-corrected chi connectivity index (χ3v) is 15.7. The van der Waals surface area contributed by atoms with Crippen molar-refractivity contribution in [2.24, 2.45) is 0 Å². The van der Waals surface area contributed by atoms with Crippen LogP contribution in [0.5, 0.6) is 0 Å². The van der Waals surface area contributed by atoms with Gasteiger partial charge in [-0.05, 0) is 89.9 Å². The Morgan fingerprint density at radius 2 is 0.537 bits per heavy atom. The molecule has 0 aliphatic heterocycles. The van der Waals surface area contributed by atoms with E-state index in [4.69, 9.17) is 9.47 Å². The molecule has 0 aromatic heterocycles. The highest BCUT2D eigenvalue weighted by molar-refractivity contribution is 5.70. The SMILES string of the molecule is CC/C=C\C/C=C\C/C=C\C/C=C\C/C=C\C/C=C\CCCCCCCCCCCCCCCCC(=O)OC(CO)COC(=O)CCCCCCCCCCCCCCCCCCCCCCC/C=C\CCCCCCCCCC. The number of hydrogen-bond acceptors (Lipinski definition) is 5. The van der Waals surface area contributed by atoms with Gasteiger partial charge in [-0.25, -0.2) is 0 Å². The number of unbranched alkanes of at least 4 members (excludes halogenated alkanes) is 43. The van der Waals surface area contributed by atoms with Gasteiger partial charge in [0.2, 0.25) is 0 Å². The normalized spacial score (nSPS) is 12.7. The molecule has 0 rings (SSSR count). The average molecular weight is 1120 g/mol. The molecular formula is C75H134O5. The molecule has 1 unspecified atom stereocenters. The van der Waals surface area contributed by atoms with Crippen LogP contribution in [0.1, 0.15) is 361 Å². The molecule has 0 spiro atoms. The van der Waals surface area contributed by atoms with Gasteiger partial charge in [0.25, 0.3) is 0 Å². The molecular weight excluding hydrogens is 981 g/mol. The van der Waals surface area contributed by atoms with Crippen molar-refractivity contribution in [1.82, 2.24) is 0 Å². The van der Waals surface area contributed by atoms with Crippen molar-refractivity contribution in [3.63, 3.8) is 0 Å². The quantitative estimate of drug-likeness (QED) is 0.0373. The summed E-state index contributed by atoms with van der Waals surface area (Å²) in [4.78, 5) is 24.7. The average Bonchev–Trinajstić information content (AvgIpc) is 3.46. The first-order valence-corrected chi connectivity index (χ1v) is 35.1. The van der Waals surface area contributed by atoms with E-state index in [1.165, 1.54) is 257 Å². The fourth-order valence-corrected chi connectivity index (χ4v) is 10.4. The number of esters is 2. The second kappa shape index (κ2) is 70.3. The van der Waals surface area contributed by atoms with E-state index in [-0.39, 0.29) is 25.2 Å². The van der Waals surface area contributed by atoms with Crippen molar-refractivity contribution in [2.75, 3.05) is 13.2 Å². The standard InChI is InChI=1S/C75H134O5/c1-3-5-7-9-11-13-15-17-19-21-23-25-27-29-31-33-35-37-39-41-43-45-47-49-51-53-55-57-59-61-63-65-67-69-74(77)79-72-73(71-76)80-75(78)70-68-66-64-62-60-58-56-54-52-50-48-46-44-42-40-38-36-34-32-30-28-26-24-22-20-18-16-14-12-10-8-6-4-2/h6,8,12,14,18,20-21,23-24,26,30,32,36,38,73,76H,3-5,7,9-11,13,15-17,19,22,25,27-29,31,33-35,37,39-72H2,1-2H3/b8-6-,14-12-,20-18-,23-21-,26-24-,32-30-,38-36-. The van der Waals surface area contributed by atoms with Gasteiger partial charge in [-0.3, -0.25) is 9.59 Å². The summed E-state index contributed by atoms with van der Waals surface area (Å²) in [6, 6.07) is 0. The van der Waals surface area contributed by atoms with Crippen LogP contribution in [0.4, 0.5) is 0 Å². The van der Waals surface area contributed by atoms with Crippen LogP contribution in [0.25, 0.3) is 0 Å². The lowest BCUT2D eigenvalue weighted by Crippen LogP contribution is -2.28. The van der Waals surface area contributed by atoms with Crippen LogP contribution >= 0.6 is 0 Å². The number of aliphatic hydroxyl groups is 1. The Balaban J connectivity index is 3.43. The molecule has 464 valence electrons. The molecule has 0 amide bonds. The van der Waals surface area contributed by atoms with Gasteiger partial charge in [0, 0.05) is 12.8 Å². The summed E-state index contributed by atoms with van der Waals surface area (Å²) >= 11 is 0. The molecule has 0 saturated carbocycles. The maximum Gasteiger partial charge on any atom is 0.306 e. The fourth-order valence-electron chi connectivity index (χ4n) is 10.4. The van der Waals surface area contributed by atoms with Gasteiger partial charge in [0.15, 0.2) is 6.10 Å². The summed E-state index contributed by atoms with van der Waals surface area (Å²) in [5.41, 5.74) is 0. The van der Waals surface area contributed by atoms with Crippen LogP contribution in [0, 0.1) is 0 Å². The van der Waals surface area contributed by atoms with Crippen molar-refractivity contribution in [1.29, 1.82) is 0 Å². The number of ether oxygens (including phenoxy) is 2. The van der Waals surface area contributed by atoms with Gasteiger partial charge in [-0.15, -0.1) is 0 Å². The second-order valence-electron chi connectivity index (χ2n) is 23.6. The predicted molar refractivity (Wildman–Crippen MR) is 353 cm³/mol. The summed E-state index contributed by atoms with van der Waals surface area (Å²) in [6.45, 7) is 4.07. The topological polar surface area (TPSA) is 72.8 Å². The first kappa shape index (κ1) is 77.1. The highest BCUT2D eigenvalue weighted by atomic mass is 16.6. The van der Waals surface area contributed by atoms with E-state index in [1.807, 2.05) is 0 Å². The molecule has 5 heteroatoms. The lowest BCUT2D eigenvalue weighted by molar-refractivity contribution is -0.161. The number of rotatable bonds is 65. The van der Waals surface area contributed by atoms with Crippen LogP contribution in [0.2, 0.25) is 0 Å². The number of carbonyl (C=O) groups is 2. The minimum absolute atomic E-state index is 0.0644. The van der Waals surface area contributed by atoms with Crippen molar-refractivity contribution < 1.29 is 24.2 Å². The van der Waals surface area contributed by atoms with E-state index in [9.17, 15) is 14.7 Å². The molecule has 1 atom stereocenters. The smallest absolute Gasteiger partial charge is 0.306 e. The number of carbonyl (C=O) groups excluding carboxylic acids is 2. The summed E-state index contributed by atoms with van der Waals surface area (Å²) in [6.07, 6.45) is 99.0.